The highest BCUT2D eigenvalue weighted by atomic mass is 19.1. The number of rotatable bonds is 7. The first-order valence-corrected chi connectivity index (χ1v) is 11.8. The fraction of sp³-hybridized carbons (Fsp3) is 0.222. The Morgan fingerprint density at radius 3 is 2.06 bits per heavy atom. The van der Waals surface area contributed by atoms with E-state index in [1.54, 1.807) is 53.5 Å². The van der Waals surface area contributed by atoms with Gasteiger partial charge < -0.3 is 10.2 Å². The van der Waals surface area contributed by atoms with Crippen LogP contribution in [0.25, 0.3) is 0 Å². The number of hydrogen-bond acceptors (Lipinski definition) is 5. The maximum atomic E-state index is 13.1. The molecule has 0 radical (unpaired) electrons. The van der Waals surface area contributed by atoms with Crippen molar-refractivity contribution >= 4 is 17.4 Å². The molecule has 1 aliphatic heterocycles. The molecule has 9 heteroatoms. The minimum absolute atomic E-state index is 0.0393. The molecule has 0 aliphatic carbocycles. The van der Waals surface area contributed by atoms with Gasteiger partial charge >= 0.3 is 0 Å². The Hall–Kier alpha value is -4.11. The van der Waals surface area contributed by atoms with Gasteiger partial charge in [-0.05, 0) is 47.5 Å². The van der Waals surface area contributed by atoms with Crippen molar-refractivity contribution in [1.29, 1.82) is 0 Å². The van der Waals surface area contributed by atoms with Gasteiger partial charge in [0.1, 0.15) is 17.5 Å². The van der Waals surface area contributed by atoms with Gasteiger partial charge in [0.25, 0.3) is 5.91 Å². The van der Waals surface area contributed by atoms with Gasteiger partial charge in [-0.15, -0.1) is 0 Å². The fourth-order valence-corrected chi connectivity index (χ4v) is 4.17. The van der Waals surface area contributed by atoms with Crippen molar-refractivity contribution in [2.45, 2.75) is 13.1 Å². The Morgan fingerprint density at radius 2 is 1.44 bits per heavy atom. The summed E-state index contributed by atoms with van der Waals surface area (Å²) >= 11 is 0. The molecule has 5 rings (SSSR count). The van der Waals surface area contributed by atoms with Crippen molar-refractivity contribution in [3.8, 4) is 0 Å². The van der Waals surface area contributed by atoms with Gasteiger partial charge in [-0.3, -0.25) is 14.4 Å². The van der Waals surface area contributed by atoms with Crippen molar-refractivity contribution in [1.82, 2.24) is 24.6 Å². The van der Waals surface area contributed by atoms with Gasteiger partial charge in [-0.25, -0.2) is 13.8 Å². The molecule has 1 saturated heterocycles. The summed E-state index contributed by atoms with van der Waals surface area (Å²) in [6.07, 6.45) is 5.11. The van der Waals surface area contributed by atoms with Crippen molar-refractivity contribution in [2.24, 2.45) is 0 Å². The molecule has 0 saturated carbocycles. The molecule has 1 amide bonds. The van der Waals surface area contributed by atoms with E-state index in [2.05, 4.69) is 20.3 Å². The third kappa shape index (κ3) is 5.92. The van der Waals surface area contributed by atoms with E-state index < -0.39 is 0 Å². The Labute approximate surface area is 208 Å². The summed E-state index contributed by atoms with van der Waals surface area (Å²) in [5, 5.41) is 7.51. The minimum atomic E-state index is -0.265. The van der Waals surface area contributed by atoms with Gasteiger partial charge in [0, 0.05) is 45.1 Å². The van der Waals surface area contributed by atoms with E-state index in [0.29, 0.717) is 31.0 Å². The molecule has 0 unspecified atom stereocenters. The molecule has 184 valence electrons. The van der Waals surface area contributed by atoms with E-state index in [0.717, 1.165) is 36.4 Å². The number of nitrogens with zero attached hydrogens (tertiary/aromatic N) is 5. The maximum Gasteiger partial charge on any atom is 0.255 e. The molecule has 1 N–H and O–H groups in total. The molecule has 1 aliphatic rings. The third-order valence-electron chi connectivity index (χ3n) is 6.15. The quantitative estimate of drug-likeness (QED) is 0.420. The monoisotopic (exact) mass is 488 g/mol. The molecule has 0 atom stereocenters. The summed E-state index contributed by atoms with van der Waals surface area (Å²) in [5.41, 5.74) is 3.31. The Bertz CT molecular complexity index is 1300. The fourth-order valence-electron chi connectivity index (χ4n) is 4.17. The summed E-state index contributed by atoms with van der Waals surface area (Å²) in [4.78, 5) is 21.4. The van der Waals surface area contributed by atoms with Gasteiger partial charge in [-0.2, -0.15) is 5.10 Å². The zero-order valence-electron chi connectivity index (χ0n) is 19.6. The topological polar surface area (TPSA) is 66.3 Å². The van der Waals surface area contributed by atoms with Crippen LogP contribution in [0, 0.1) is 11.6 Å². The van der Waals surface area contributed by atoms with Crippen molar-refractivity contribution < 1.29 is 13.6 Å². The summed E-state index contributed by atoms with van der Waals surface area (Å²) in [7, 11) is 0. The number of benzene rings is 2. The second-order valence-corrected chi connectivity index (χ2v) is 8.80. The molecule has 0 spiro atoms. The van der Waals surface area contributed by atoms with E-state index >= 15 is 0 Å². The largest absolute Gasteiger partial charge is 0.338 e. The van der Waals surface area contributed by atoms with Gasteiger partial charge in [0.05, 0.1) is 24.0 Å². The second kappa shape index (κ2) is 10.7. The summed E-state index contributed by atoms with van der Waals surface area (Å²) in [6, 6.07) is 16.4. The molecule has 7 nitrogen and oxygen atoms in total. The number of carbonyl (C=O) groups excluding carboxylic acids is 1. The molecule has 2 aromatic heterocycles. The summed E-state index contributed by atoms with van der Waals surface area (Å²) in [5.74, 6) is 0.0687. The number of pyridine rings is 1. The predicted octanol–water partition coefficient (Wildman–Crippen LogP) is 4.31. The van der Waals surface area contributed by atoms with Gasteiger partial charge in [-0.1, -0.05) is 24.3 Å². The molecule has 0 bridgehead atoms. The zero-order valence-corrected chi connectivity index (χ0v) is 19.6. The zero-order chi connectivity index (χ0) is 24.9. The Kier molecular flexibility index (Phi) is 6.99. The van der Waals surface area contributed by atoms with Crippen LogP contribution in [0.15, 0.2) is 79.3 Å². The van der Waals surface area contributed by atoms with E-state index in [-0.39, 0.29) is 17.5 Å². The van der Waals surface area contributed by atoms with Crippen LogP contribution in [-0.4, -0.2) is 56.7 Å². The number of anilines is 2. The van der Waals surface area contributed by atoms with Crippen LogP contribution in [-0.2, 0) is 13.1 Å². The SMILES string of the molecule is O=C(c1ccc(Nc2cnn(Cc3ccc(F)cc3)c2)nc1)N1CCN(Cc2ccc(F)cc2)CC1. The smallest absolute Gasteiger partial charge is 0.255 e. The van der Waals surface area contributed by atoms with Crippen LogP contribution in [0.2, 0.25) is 0 Å². The molecule has 1 fully saturated rings. The lowest BCUT2D eigenvalue weighted by atomic mass is 10.2. The first kappa shape index (κ1) is 23.6. The summed E-state index contributed by atoms with van der Waals surface area (Å²) in [6.45, 7) is 4.06. The van der Waals surface area contributed by atoms with Crippen molar-refractivity contribution in [2.75, 3.05) is 31.5 Å². The van der Waals surface area contributed by atoms with Crippen molar-refractivity contribution in [3.63, 3.8) is 0 Å². The minimum Gasteiger partial charge on any atom is -0.338 e. The highest BCUT2D eigenvalue weighted by Gasteiger charge is 2.22. The van der Waals surface area contributed by atoms with Crippen LogP contribution in [0.4, 0.5) is 20.3 Å². The number of halogens is 2. The van der Waals surface area contributed by atoms with Crippen LogP contribution in [0.3, 0.4) is 0 Å². The van der Waals surface area contributed by atoms with E-state index in [1.165, 1.54) is 24.3 Å². The molecule has 3 heterocycles. The number of piperazine rings is 1. The second-order valence-electron chi connectivity index (χ2n) is 8.80. The Morgan fingerprint density at radius 1 is 0.806 bits per heavy atom. The number of amides is 1. The van der Waals surface area contributed by atoms with E-state index in [4.69, 9.17) is 0 Å². The lowest BCUT2D eigenvalue weighted by molar-refractivity contribution is 0.0628. The molecule has 2 aromatic carbocycles. The third-order valence-corrected chi connectivity index (χ3v) is 6.15. The predicted molar refractivity (Wildman–Crippen MR) is 133 cm³/mol. The number of aromatic nitrogens is 3. The van der Waals surface area contributed by atoms with E-state index in [9.17, 15) is 13.6 Å². The van der Waals surface area contributed by atoms with Crippen molar-refractivity contribution in [3.05, 3.63) is 108 Å². The molecular weight excluding hydrogens is 462 g/mol. The lowest BCUT2D eigenvalue weighted by Gasteiger charge is -2.34. The first-order chi connectivity index (χ1) is 17.5. The van der Waals surface area contributed by atoms with Crippen LogP contribution < -0.4 is 5.32 Å². The van der Waals surface area contributed by atoms with E-state index in [1.807, 2.05) is 11.1 Å². The molecule has 4 aromatic rings. The first-order valence-electron chi connectivity index (χ1n) is 11.8. The van der Waals surface area contributed by atoms with Crippen LogP contribution >= 0.6 is 0 Å². The Balaban J connectivity index is 1.12. The molecule has 36 heavy (non-hydrogen) atoms. The highest BCUT2D eigenvalue weighted by molar-refractivity contribution is 5.94. The number of nitrogens with one attached hydrogen (secondary N) is 1. The molecular formula is C27H26F2N6O. The van der Waals surface area contributed by atoms with Gasteiger partial charge in [0.2, 0.25) is 0 Å². The maximum absolute atomic E-state index is 13.1. The summed E-state index contributed by atoms with van der Waals surface area (Å²) < 4.78 is 27.9. The standard InChI is InChI=1S/C27H26F2N6O/c28-23-6-1-20(2-7-23)17-33-11-13-34(14-12-33)27(36)22-5-10-26(30-15-22)32-25-16-31-35(19-25)18-21-3-8-24(29)9-4-21/h1-10,15-16,19H,11-14,17-18H2,(H,30,32). The van der Waals surface area contributed by atoms with Crippen LogP contribution in [0.1, 0.15) is 21.5 Å². The highest BCUT2D eigenvalue weighted by Crippen LogP contribution is 2.17. The number of carbonyl (C=O) groups is 1. The average Bonchev–Trinajstić information content (AvgIpc) is 3.34. The number of hydrogen-bond donors (Lipinski definition) is 1. The van der Waals surface area contributed by atoms with Gasteiger partial charge in [0.15, 0.2) is 0 Å². The average molecular weight is 489 g/mol. The van der Waals surface area contributed by atoms with Crippen LogP contribution in [0.5, 0.6) is 0 Å². The lowest BCUT2D eigenvalue weighted by Crippen LogP contribution is -2.48. The normalized spacial score (nSPS) is 14.1.